The SMILES string of the molecule is COc1ccc(C(NC(=O)COc2ccc(F)c(Cl)c2)C(C)C)cc1. The summed E-state index contributed by atoms with van der Waals surface area (Å²) in [5, 5.41) is 2.91. The molecular weight excluding hydrogens is 345 g/mol. The van der Waals surface area contributed by atoms with Crippen LogP contribution in [-0.4, -0.2) is 19.6 Å². The number of benzene rings is 2. The first kappa shape index (κ1) is 19.1. The van der Waals surface area contributed by atoms with Gasteiger partial charge < -0.3 is 14.8 Å². The van der Waals surface area contributed by atoms with Crippen molar-refractivity contribution in [2.75, 3.05) is 13.7 Å². The molecule has 4 nitrogen and oxygen atoms in total. The van der Waals surface area contributed by atoms with E-state index >= 15 is 0 Å². The molecule has 2 aromatic rings. The molecule has 0 saturated carbocycles. The van der Waals surface area contributed by atoms with Crippen LogP contribution in [0.5, 0.6) is 11.5 Å². The second kappa shape index (κ2) is 8.72. The first-order chi connectivity index (χ1) is 11.9. The van der Waals surface area contributed by atoms with Gasteiger partial charge in [-0.3, -0.25) is 4.79 Å². The van der Waals surface area contributed by atoms with E-state index in [0.29, 0.717) is 5.75 Å². The molecule has 1 N–H and O–H groups in total. The van der Waals surface area contributed by atoms with Gasteiger partial charge in [0, 0.05) is 6.07 Å². The highest BCUT2D eigenvalue weighted by Crippen LogP contribution is 2.24. The van der Waals surface area contributed by atoms with Gasteiger partial charge in [0.05, 0.1) is 18.2 Å². The fourth-order valence-corrected chi connectivity index (χ4v) is 2.55. The summed E-state index contributed by atoms with van der Waals surface area (Å²) < 4.78 is 23.6. The van der Waals surface area contributed by atoms with Gasteiger partial charge in [0.1, 0.15) is 17.3 Å². The van der Waals surface area contributed by atoms with Crippen LogP contribution in [0.15, 0.2) is 42.5 Å². The minimum Gasteiger partial charge on any atom is -0.497 e. The number of ether oxygens (including phenoxy) is 2. The zero-order valence-corrected chi connectivity index (χ0v) is 15.1. The van der Waals surface area contributed by atoms with Gasteiger partial charge >= 0.3 is 0 Å². The summed E-state index contributed by atoms with van der Waals surface area (Å²) in [6.07, 6.45) is 0. The number of rotatable bonds is 7. The summed E-state index contributed by atoms with van der Waals surface area (Å²) in [6.45, 7) is 3.87. The molecule has 0 aliphatic heterocycles. The van der Waals surface area contributed by atoms with E-state index in [9.17, 15) is 9.18 Å². The lowest BCUT2D eigenvalue weighted by atomic mass is 9.96. The number of hydrogen-bond donors (Lipinski definition) is 1. The molecule has 2 aromatic carbocycles. The lowest BCUT2D eigenvalue weighted by Crippen LogP contribution is -2.35. The summed E-state index contributed by atoms with van der Waals surface area (Å²) in [6, 6.07) is 11.4. The second-order valence-electron chi connectivity index (χ2n) is 5.93. The van der Waals surface area contributed by atoms with E-state index in [1.54, 1.807) is 7.11 Å². The average molecular weight is 366 g/mol. The fourth-order valence-electron chi connectivity index (χ4n) is 2.38. The molecule has 25 heavy (non-hydrogen) atoms. The number of methoxy groups -OCH3 is 1. The summed E-state index contributed by atoms with van der Waals surface area (Å²) in [7, 11) is 1.61. The third kappa shape index (κ3) is 5.36. The van der Waals surface area contributed by atoms with Gasteiger partial charge in [0.2, 0.25) is 0 Å². The van der Waals surface area contributed by atoms with Crippen molar-refractivity contribution in [3.05, 3.63) is 58.9 Å². The highest BCUT2D eigenvalue weighted by atomic mass is 35.5. The van der Waals surface area contributed by atoms with Gasteiger partial charge in [0.15, 0.2) is 6.61 Å². The third-order valence-corrected chi connectivity index (χ3v) is 4.01. The maximum Gasteiger partial charge on any atom is 0.258 e. The second-order valence-corrected chi connectivity index (χ2v) is 6.33. The highest BCUT2D eigenvalue weighted by Gasteiger charge is 2.18. The van der Waals surface area contributed by atoms with Crippen LogP contribution in [0.4, 0.5) is 4.39 Å². The molecule has 0 fully saturated rings. The van der Waals surface area contributed by atoms with Crippen LogP contribution in [-0.2, 0) is 4.79 Å². The molecule has 1 unspecified atom stereocenters. The minimum absolute atomic E-state index is 0.0452. The third-order valence-electron chi connectivity index (χ3n) is 3.72. The van der Waals surface area contributed by atoms with E-state index in [1.165, 1.54) is 18.2 Å². The Labute approximate surface area is 151 Å². The predicted octanol–water partition coefficient (Wildman–Crippen LogP) is 4.38. The molecular formula is C19H21ClFNO3. The summed E-state index contributed by atoms with van der Waals surface area (Å²) >= 11 is 5.69. The van der Waals surface area contributed by atoms with E-state index < -0.39 is 5.82 Å². The number of carbonyl (C=O) groups is 1. The molecule has 0 aliphatic carbocycles. The van der Waals surface area contributed by atoms with Gasteiger partial charge in [-0.15, -0.1) is 0 Å². The Morgan fingerprint density at radius 1 is 1.16 bits per heavy atom. The maximum absolute atomic E-state index is 13.1. The highest BCUT2D eigenvalue weighted by molar-refractivity contribution is 6.30. The number of halogens is 2. The van der Waals surface area contributed by atoms with Crippen LogP contribution in [0.25, 0.3) is 0 Å². The van der Waals surface area contributed by atoms with E-state index in [-0.39, 0.29) is 29.5 Å². The zero-order valence-electron chi connectivity index (χ0n) is 14.4. The van der Waals surface area contributed by atoms with Crippen molar-refractivity contribution in [3.8, 4) is 11.5 Å². The van der Waals surface area contributed by atoms with Crippen molar-refractivity contribution in [1.29, 1.82) is 0 Å². The number of hydrogen-bond acceptors (Lipinski definition) is 3. The number of carbonyl (C=O) groups excluding carboxylic acids is 1. The van der Waals surface area contributed by atoms with Crippen molar-refractivity contribution in [2.45, 2.75) is 19.9 Å². The van der Waals surface area contributed by atoms with Gasteiger partial charge in [0.25, 0.3) is 5.91 Å². The Bertz CT molecular complexity index is 719. The van der Waals surface area contributed by atoms with Crippen LogP contribution in [0.3, 0.4) is 0 Å². The van der Waals surface area contributed by atoms with Crippen molar-refractivity contribution in [3.63, 3.8) is 0 Å². The lowest BCUT2D eigenvalue weighted by Gasteiger charge is -2.23. The van der Waals surface area contributed by atoms with Gasteiger partial charge in [-0.1, -0.05) is 37.6 Å². The molecule has 134 valence electrons. The molecule has 0 spiro atoms. The van der Waals surface area contributed by atoms with E-state index in [4.69, 9.17) is 21.1 Å². The van der Waals surface area contributed by atoms with E-state index in [1.807, 2.05) is 38.1 Å². The van der Waals surface area contributed by atoms with Gasteiger partial charge in [-0.05, 0) is 35.7 Å². The quantitative estimate of drug-likeness (QED) is 0.792. The molecule has 1 amide bonds. The summed E-state index contributed by atoms with van der Waals surface area (Å²) in [5.41, 5.74) is 0.981. The Balaban J connectivity index is 1.98. The minimum atomic E-state index is -0.530. The number of amides is 1. The largest absolute Gasteiger partial charge is 0.497 e. The van der Waals surface area contributed by atoms with Gasteiger partial charge in [-0.25, -0.2) is 4.39 Å². The van der Waals surface area contributed by atoms with Crippen molar-refractivity contribution in [1.82, 2.24) is 5.32 Å². The zero-order chi connectivity index (χ0) is 18.4. The molecule has 0 aromatic heterocycles. The first-order valence-corrected chi connectivity index (χ1v) is 8.29. The average Bonchev–Trinajstić information content (AvgIpc) is 2.60. The predicted molar refractivity (Wildman–Crippen MR) is 95.6 cm³/mol. The van der Waals surface area contributed by atoms with Crippen molar-refractivity contribution >= 4 is 17.5 Å². The van der Waals surface area contributed by atoms with E-state index in [0.717, 1.165) is 11.3 Å². The fraction of sp³-hybridized carbons (Fsp3) is 0.316. The van der Waals surface area contributed by atoms with Crippen molar-refractivity contribution < 1.29 is 18.7 Å². The molecule has 0 bridgehead atoms. The van der Waals surface area contributed by atoms with Gasteiger partial charge in [-0.2, -0.15) is 0 Å². The Hall–Kier alpha value is -2.27. The van der Waals surface area contributed by atoms with Crippen LogP contribution in [0.1, 0.15) is 25.5 Å². The molecule has 0 aliphatic rings. The molecule has 0 heterocycles. The van der Waals surface area contributed by atoms with Crippen LogP contribution >= 0.6 is 11.6 Å². The lowest BCUT2D eigenvalue weighted by molar-refractivity contribution is -0.124. The topological polar surface area (TPSA) is 47.6 Å². The Morgan fingerprint density at radius 3 is 2.36 bits per heavy atom. The molecule has 0 saturated heterocycles. The normalized spacial score (nSPS) is 11.9. The monoisotopic (exact) mass is 365 g/mol. The van der Waals surface area contributed by atoms with Crippen LogP contribution in [0, 0.1) is 11.7 Å². The Morgan fingerprint density at radius 2 is 1.80 bits per heavy atom. The van der Waals surface area contributed by atoms with Crippen molar-refractivity contribution in [2.24, 2.45) is 5.92 Å². The smallest absolute Gasteiger partial charge is 0.258 e. The molecule has 1 atom stereocenters. The first-order valence-electron chi connectivity index (χ1n) is 7.92. The Kier molecular flexibility index (Phi) is 6.65. The summed E-state index contributed by atoms with van der Waals surface area (Å²) in [4.78, 5) is 12.2. The maximum atomic E-state index is 13.1. The molecule has 6 heteroatoms. The molecule has 0 radical (unpaired) electrons. The standard InChI is InChI=1S/C19H21ClFNO3/c1-12(2)19(13-4-6-14(24-3)7-5-13)22-18(23)11-25-15-8-9-17(21)16(20)10-15/h4-10,12,19H,11H2,1-3H3,(H,22,23). The van der Waals surface area contributed by atoms with E-state index in [2.05, 4.69) is 5.32 Å². The number of nitrogens with one attached hydrogen (secondary N) is 1. The van der Waals surface area contributed by atoms with Crippen LogP contribution in [0.2, 0.25) is 5.02 Å². The van der Waals surface area contributed by atoms with Crippen LogP contribution < -0.4 is 14.8 Å². The summed E-state index contributed by atoms with van der Waals surface area (Å²) in [5.74, 6) is 0.492. The molecule has 2 rings (SSSR count).